The van der Waals surface area contributed by atoms with Crippen LogP contribution in [0.3, 0.4) is 0 Å². The Morgan fingerprint density at radius 2 is 1.96 bits per heavy atom. The largest absolute Gasteiger partial charge is 0.321 e. The Morgan fingerprint density at radius 3 is 2.56 bits per heavy atom. The Kier molecular flexibility index (Phi) is 4.21. The minimum Gasteiger partial charge on any atom is -0.321 e. The molecular weight excluding hydrogens is 338 g/mol. The summed E-state index contributed by atoms with van der Waals surface area (Å²) in [5.74, 6) is 0. The maximum absolute atomic E-state index is 12.4. The third-order valence-electron chi connectivity index (χ3n) is 3.84. The molecule has 6 nitrogen and oxygen atoms in total. The van der Waals surface area contributed by atoms with Crippen LogP contribution in [0.4, 0.5) is 5.69 Å². The van der Waals surface area contributed by atoms with Gasteiger partial charge in [0, 0.05) is 38.7 Å². The second-order valence-corrected chi connectivity index (χ2v) is 7.01. The molecule has 7 heteroatoms. The average molecular weight is 351 g/mol. The highest BCUT2D eigenvalue weighted by molar-refractivity contribution is 7.12. The van der Waals surface area contributed by atoms with Crippen molar-refractivity contribution < 1.29 is 4.92 Å². The van der Waals surface area contributed by atoms with Gasteiger partial charge in [-0.15, -0.1) is 11.3 Å². The summed E-state index contributed by atoms with van der Waals surface area (Å²) in [6.45, 7) is 3.89. The topological polar surface area (TPSA) is 99.8 Å². The van der Waals surface area contributed by atoms with E-state index in [1.807, 2.05) is 26.0 Å². The van der Waals surface area contributed by atoms with E-state index in [1.54, 1.807) is 29.5 Å². The molecule has 124 valence electrons. The number of aromatic nitrogens is 1. The second-order valence-electron chi connectivity index (χ2n) is 5.55. The average Bonchev–Trinajstić information content (AvgIpc) is 2.92. The molecule has 3 aromatic rings. The van der Waals surface area contributed by atoms with Crippen LogP contribution in [0, 0.1) is 35.3 Å². The van der Waals surface area contributed by atoms with Crippen molar-refractivity contribution in [3.63, 3.8) is 0 Å². The molecule has 1 N–H and O–H groups in total. The maximum Gasteiger partial charge on any atom is 0.270 e. The molecule has 2 heterocycles. The minimum atomic E-state index is -0.509. The van der Waals surface area contributed by atoms with Crippen LogP contribution < -0.4 is 5.56 Å². The third kappa shape index (κ3) is 3.07. The zero-order chi connectivity index (χ0) is 18.1. The van der Waals surface area contributed by atoms with E-state index >= 15 is 0 Å². The SMILES string of the molecule is Cc1cc(-c2cc(-c3cccc([N+](=O)[O-])c3)[nH]c(=O)c2C#N)c(C)s1. The molecule has 0 unspecified atom stereocenters. The number of thiophene rings is 1. The lowest BCUT2D eigenvalue weighted by molar-refractivity contribution is -0.384. The molecule has 25 heavy (non-hydrogen) atoms. The van der Waals surface area contributed by atoms with Gasteiger partial charge in [0.2, 0.25) is 0 Å². The number of nitrogens with one attached hydrogen (secondary N) is 1. The number of nitro groups is 1. The van der Waals surface area contributed by atoms with Crippen molar-refractivity contribution in [2.75, 3.05) is 0 Å². The standard InChI is InChI=1S/C18H13N3O3S/c1-10-6-14(11(2)25-10)15-8-17(20-18(22)16(15)9-19)12-4-3-5-13(7-12)21(23)24/h3-8H,1-2H3,(H,20,22). The Labute approximate surface area is 147 Å². The van der Waals surface area contributed by atoms with Crippen LogP contribution in [0.25, 0.3) is 22.4 Å². The summed E-state index contributed by atoms with van der Waals surface area (Å²) < 4.78 is 0. The number of benzene rings is 1. The van der Waals surface area contributed by atoms with E-state index in [1.165, 1.54) is 12.1 Å². The lowest BCUT2D eigenvalue weighted by atomic mass is 9.99. The molecule has 0 aliphatic carbocycles. The number of aromatic amines is 1. The molecule has 3 rings (SSSR count). The number of rotatable bonds is 3. The molecule has 0 aliphatic rings. The monoisotopic (exact) mass is 351 g/mol. The molecular formula is C18H13N3O3S. The maximum atomic E-state index is 12.4. The number of nitriles is 1. The van der Waals surface area contributed by atoms with Gasteiger partial charge in [-0.3, -0.25) is 14.9 Å². The van der Waals surface area contributed by atoms with Gasteiger partial charge in [-0.2, -0.15) is 5.26 Å². The molecule has 2 aromatic heterocycles. The fourth-order valence-electron chi connectivity index (χ4n) is 2.72. The van der Waals surface area contributed by atoms with E-state index in [-0.39, 0.29) is 11.3 Å². The van der Waals surface area contributed by atoms with Crippen LogP contribution in [-0.2, 0) is 0 Å². The predicted octanol–water partition coefficient (Wildman–Crippen LogP) is 4.17. The summed E-state index contributed by atoms with van der Waals surface area (Å²) >= 11 is 1.59. The number of non-ortho nitro benzene ring substituents is 1. The highest BCUT2D eigenvalue weighted by atomic mass is 32.1. The van der Waals surface area contributed by atoms with E-state index < -0.39 is 10.5 Å². The van der Waals surface area contributed by atoms with Crippen molar-refractivity contribution >= 4 is 17.0 Å². The van der Waals surface area contributed by atoms with Gasteiger partial charge in [0.05, 0.1) is 4.92 Å². The van der Waals surface area contributed by atoms with Crippen molar-refractivity contribution in [3.8, 4) is 28.5 Å². The van der Waals surface area contributed by atoms with Crippen LogP contribution in [0.2, 0.25) is 0 Å². The Hall–Kier alpha value is -3.24. The minimum absolute atomic E-state index is 0.0371. The summed E-state index contributed by atoms with van der Waals surface area (Å²) in [6, 6.07) is 11.6. The molecule has 0 radical (unpaired) electrons. The number of pyridine rings is 1. The van der Waals surface area contributed by atoms with E-state index in [2.05, 4.69) is 4.98 Å². The zero-order valence-electron chi connectivity index (χ0n) is 13.5. The molecule has 0 amide bonds. The first-order valence-electron chi connectivity index (χ1n) is 7.40. The van der Waals surface area contributed by atoms with Gasteiger partial charge in [0.25, 0.3) is 11.2 Å². The lowest BCUT2D eigenvalue weighted by Crippen LogP contribution is -2.12. The molecule has 0 fully saturated rings. The highest BCUT2D eigenvalue weighted by Crippen LogP contribution is 2.33. The summed E-state index contributed by atoms with van der Waals surface area (Å²) in [7, 11) is 0. The van der Waals surface area contributed by atoms with Crippen molar-refractivity contribution in [1.82, 2.24) is 4.98 Å². The Balaban J connectivity index is 2.26. The van der Waals surface area contributed by atoms with Crippen LogP contribution in [0.5, 0.6) is 0 Å². The van der Waals surface area contributed by atoms with Crippen molar-refractivity contribution in [3.05, 3.63) is 72.2 Å². The third-order valence-corrected chi connectivity index (χ3v) is 4.81. The molecule has 0 saturated carbocycles. The van der Waals surface area contributed by atoms with Gasteiger partial charge in [0.1, 0.15) is 11.6 Å². The van der Waals surface area contributed by atoms with E-state index in [4.69, 9.17) is 0 Å². The van der Waals surface area contributed by atoms with Gasteiger partial charge in [-0.25, -0.2) is 0 Å². The second kappa shape index (κ2) is 6.34. The summed E-state index contributed by atoms with van der Waals surface area (Å²) in [5, 5.41) is 20.4. The van der Waals surface area contributed by atoms with Crippen molar-refractivity contribution in [1.29, 1.82) is 5.26 Å². The van der Waals surface area contributed by atoms with E-state index in [0.29, 0.717) is 16.8 Å². The molecule has 0 atom stereocenters. The highest BCUT2D eigenvalue weighted by Gasteiger charge is 2.16. The number of hydrogen-bond acceptors (Lipinski definition) is 5. The van der Waals surface area contributed by atoms with Crippen LogP contribution >= 0.6 is 11.3 Å². The summed E-state index contributed by atoms with van der Waals surface area (Å²) in [6.07, 6.45) is 0. The van der Waals surface area contributed by atoms with E-state index in [0.717, 1.165) is 15.3 Å². The van der Waals surface area contributed by atoms with Gasteiger partial charge >= 0.3 is 0 Å². The van der Waals surface area contributed by atoms with E-state index in [9.17, 15) is 20.2 Å². The molecule has 1 aromatic carbocycles. The first-order valence-corrected chi connectivity index (χ1v) is 8.22. The molecule has 0 bridgehead atoms. The lowest BCUT2D eigenvalue weighted by Gasteiger charge is -2.08. The first kappa shape index (κ1) is 16.6. The molecule has 0 saturated heterocycles. The number of nitrogens with zero attached hydrogens (tertiary/aromatic N) is 2. The van der Waals surface area contributed by atoms with Crippen LogP contribution in [0.1, 0.15) is 15.3 Å². The Bertz CT molecular complexity index is 1090. The summed E-state index contributed by atoms with van der Waals surface area (Å²) in [4.78, 5) is 27.6. The predicted molar refractivity (Wildman–Crippen MR) is 96.7 cm³/mol. The van der Waals surface area contributed by atoms with Crippen molar-refractivity contribution in [2.45, 2.75) is 13.8 Å². The summed E-state index contributed by atoms with van der Waals surface area (Å²) in [5.41, 5.74) is 1.78. The normalized spacial score (nSPS) is 10.4. The molecule has 0 aliphatic heterocycles. The van der Waals surface area contributed by atoms with Crippen LogP contribution in [0.15, 0.2) is 41.2 Å². The number of nitro benzene ring substituents is 1. The quantitative estimate of drug-likeness (QED) is 0.565. The number of H-pyrrole nitrogens is 1. The number of aryl methyl sites for hydroxylation is 2. The zero-order valence-corrected chi connectivity index (χ0v) is 14.3. The van der Waals surface area contributed by atoms with Gasteiger partial charge in [-0.1, -0.05) is 12.1 Å². The van der Waals surface area contributed by atoms with Gasteiger partial charge < -0.3 is 4.98 Å². The smallest absolute Gasteiger partial charge is 0.270 e. The first-order chi connectivity index (χ1) is 11.9. The van der Waals surface area contributed by atoms with Crippen LogP contribution in [-0.4, -0.2) is 9.91 Å². The Morgan fingerprint density at radius 1 is 1.20 bits per heavy atom. The fourth-order valence-corrected chi connectivity index (χ4v) is 3.66. The number of hydrogen-bond donors (Lipinski definition) is 1. The van der Waals surface area contributed by atoms with Crippen molar-refractivity contribution in [2.24, 2.45) is 0 Å². The fraction of sp³-hybridized carbons (Fsp3) is 0.111. The van der Waals surface area contributed by atoms with Gasteiger partial charge in [0.15, 0.2) is 0 Å². The molecule has 0 spiro atoms. The van der Waals surface area contributed by atoms with Gasteiger partial charge in [-0.05, 0) is 31.5 Å².